The Labute approximate surface area is 182 Å². The van der Waals surface area contributed by atoms with E-state index in [1.165, 1.54) is 13.2 Å². The van der Waals surface area contributed by atoms with Crippen molar-refractivity contribution in [3.8, 4) is 23.2 Å². The number of halogens is 3. The molecule has 0 atom stereocenters. The minimum absolute atomic E-state index is 0.0420. The highest BCUT2D eigenvalue weighted by Crippen LogP contribution is 2.34. The second kappa shape index (κ2) is 8.70. The Morgan fingerprint density at radius 3 is 2.66 bits per heavy atom. The molecule has 0 aromatic carbocycles. The maximum atomic E-state index is 13.3. The predicted octanol–water partition coefficient (Wildman–Crippen LogP) is 3.39. The molecule has 1 aliphatic heterocycles. The van der Waals surface area contributed by atoms with Crippen molar-refractivity contribution in [2.75, 3.05) is 19.7 Å². The summed E-state index contributed by atoms with van der Waals surface area (Å²) >= 11 is 0. The molecule has 1 N–H and O–H groups in total. The highest BCUT2D eigenvalue weighted by molar-refractivity contribution is 5.88. The Morgan fingerprint density at radius 2 is 2.00 bits per heavy atom. The van der Waals surface area contributed by atoms with E-state index in [0.717, 1.165) is 36.9 Å². The third-order valence-electron chi connectivity index (χ3n) is 5.60. The van der Waals surface area contributed by atoms with Crippen molar-refractivity contribution in [3.63, 3.8) is 0 Å². The van der Waals surface area contributed by atoms with Crippen LogP contribution in [0.5, 0.6) is 5.88 Å². The molecule has 0 spiro atoms. The average Bonchev–Trinajstić information content (AvgIpc) is 3.12. The molecule has 8 nitrogen and oxygen atoms in total. The van der Waals surface area contributed by atoms with Gasteiger partial charge in [-0.1, -0.05) is 0 Å². The quantitative estimate of drug-likeness (QED) is 0.642. The molecule has 0 radical (unpaired) electrons. The lowest BCUT2D eigenvalue weighted by molar-refractivity contribution is -0.146. The van der Waals surface area contributed by atoms with Crippen molar-refractivity contribution >= 4 is 11.2 Å². The van der Waals surface area contributed by atoms with E-state index >= 15 is 0 Å². The fourth-order valence-electron chi connectivity index (χ4n) is 3.90. The topological polar surface area (TPSA) is 102 Å². The van der Waals surface area contributed by atoms with E-state index in [1.54, 1.807) is 19.1 Å². The number of aromatic nitrogens is 5. The van der Waals surface area contributed by atoms with Gasteiger partial charge in [-0.25, -0.2) is 15.0 Å². The van der Waals surface area contributed by atoms with Crippen molar-refractivity contribution in [2.24, 2.45) is 13.0 Å². The molecule has 4 rings (SSSR count). The van der Waals surface area contributed by atoms with Gasteiger partial charge in [0.15, 0.2) is 5.65 Å². The maximum absolute atomic E-state index is 13.3. The molecule has 1 aliphatic rings. The molecule has 0 unspecified atom stereocenters. The fraction of sp³-hybridized carbons (Fsp3) is 0.476. The molecule has 0 amide bonds. The summed E-state index contributed by atoms with van der Waals surface area (Å²) in [6.45, 7) is 4.40. The van der Waals surface area contributed by atoms with Crippen LogP contribution >= 0.6 is 0 Å². The maximum Gasteiger partial charge on any atom is 0.449 e. The third kappa shape index (κ3) is 4.36. The number of pyridine rings is 1. The summed E-state index contributed by atoms with van der Waals surface area (Å²) in [6, 6.07) is 3.52. The zero-order valence-corrected chi connectivity index (χ0v) is 17.7. The van der Waals surface area contributed by atoms with Crippen LogP contribution in [-0.4, -0.2) is 44.2 Å². The number of hydrogen-bond donors (Lipinski definition) is 1. The van der Waals surface area contributed by atoms with Crippen LogP contribution in [0.25, 0.3) is 22.4 Å². The number of hydrogen-bond acceptors (Lipinski definition) is 7. The third-order valence-corrected chi connectivity index (χ3v) is 5.60. The normalized spacial score (nSPS) is 15.1. The van der Waals surface area contributed by atoms with Crippen molar-refractivity contribution in [3.05, 3.63) is 29.5 Å². The second-order valence-electron chi connectivity index (χ2n) is 7.85. The van der Waals surface area contributed by atoms with E-state index in [0.29, 0.717) is 29.5 Å². The van der Waals surface area contributed by atoms with E-state index < -0.39 is 12.0 Å². The summed E-state index contributed by atoms with van der Waals surface area (Å²) in [5, 5.41) is 12.6. The first-order valence-corrected chi connectivity index (χ1v) is 10.3. The molecule has 0 bridgehead atoms. The van der Waals surface area contributed by atoms with Gasteiger partial charge in [-0.15, -0.1) is 0 Å². The monoisotopic (exact) mass is 445 g/mol. The molecule has 32 heavy (non-hydrogen) atoms. The molecule has 0 saturated carbocycles. The zero-order chi connectivity index (χ0) is 22.9. The van der Waals surface area contributed by atoms with E-state index in [9.17, 15) is 18.4 Å². The summed E-state index contributed by atoms with van der Waals surface area (Å²) in [7, 11) is 1.21. The number of ether oxygens (including phenoxy) is 1. The molecular weight excluding hydrogens is 423 g/mol. The largest absolute Gasteiger partial charge is 0.477 e. The van der Waals surface area contributed by atoms with Crippen LogP contribution in [0.3, 0.4) is 0 Å². The molecule has 1 saturated heterocycles. The Balaban J connectivity index is 1.63. The molecule has 3 aromatic rings. The van der Waals surface area contributed by atoms with Crippen molar-refractivity contribution in [2.45, 2.75) is 32.4 Å². The first-order valence-electron chi connectivity index (χ1n) is 10.3. The van der Waals surface area contributed by atoms with Gasteiger partial charge >= 0.3 is 6.18 Å². The number of nitrogens with zero attached hydrogens (tertiary/aromatic N) is 6. The number of rotatable bonds is 5. The Morgan fingerprint density at radius 1 is 1.25 bits per heavy atom. The average molecular weight is 445 g/mol. The summed E-state index contributed by atoms with van der Waals surface area (Å²) in [6.07, 6.45) is 0.00154. The molecule has 4 heterocycles. The lowest BCUT2D eigenvalue weighted by Crippen LogP contribution is -2.28. The number of piperidine rings is 1. The minimum Gasteiger partial charge on any atom is -0.477 e. The van der Waals surface area contributed by atoms with Gasteiger partial charge in [0.05, 0.1) is 6.61 Å². The molecular formula is C21H22F3N7O. The summed E-state index contributed by atoms with van der Waals surface area (Å²) in [4.78, 5) is 16.1. The first kappa shape index (κ1) is 22.0. The summed E-state index contributed by atoms with van der Waals surface area (Å²) in [5.74, 6) is -0.267. The Kier molecular flexibility index (Phi) is 5.97. The van der Waals surface area contributed by atoms with Crippen molar-refractivity contribution in [1.82, 2.24) is 29.8 Å². The standard InChI is InChI=1S/C21H22F3N7O/c1-12-9-14(11-27-19(12)32-8-5-13-3-6-26-7-4-13)16-17-18(29-15(10-25)28-16)31(2)20(30-17)21(22,23)24/h9,11,13,26H,3-8H2,1-2H3. The highest BCUT2D eigenvalue weighted by Gasteiger charge is 2.37. The van der Waals surface area contributed by atoms with Gasteiger partial charge < -0.3 is 14.6 Å². The van der Waals surface area contributed by atoms with Crippen LogP contribution in [0, 0.1) is 24.2 Å². The van der Waals surface area contributed by atoms with Gasteiger partial charge in [0, 0.05) is 24.4 Å². The number of alkyl halides is 3. The number of nitriles is 1. The molecule has 11 heteroatoms. The minimum atomic E-state index is -4.67. The van der Waals surface area contributed by atoms with Crippen LogP contribution < -0.4 is 10.1 Å². The van der Waals surface area contributed by atoms with Crippen LogP contribution in [0.4, 0.5) is 13.2 Å². The molecule has 1 fully saturated rings. The van der Waals surface area contributed by atoms with Crippen LogP contribution in [0.2, 0.25) is 0 Å². The lowest BCUT2D eigenvalue weighted by atomic mass is 9.95. The smallest absolute Gasteiger partial charge is 0.449 e. The van der Waals surface area contributed by atoms with E-state index in [1.807, 2.05) is 0 Å². The molecule has 3 aromatic heterocycles. The van der Waals surface area contributed by atoms with Gasteiger partial charge in [0.2, 0.25) is 17.5 Å². The Hall–Kier alpha value is -3.26. The zero-order valence-electron chi connectivity index (χ0n) is 17.7. The van der Waals surface area contributed by atoms with Gasteiger partial charge in [0.1, 0.15) is 17.3 Å². The molecule has 168 valence electrons. The van der Waals surface area contributed by atoms with E-state index in [4.69, 9.17) is 4.74 Å². The van der Waals surface area contributed by atoms with Gasteiger partial charge in [-0.05, 0) is 51.3 Å². The van der Waals surface area contributed by atoms with Crippen molar-refractivity contribution in [1.29, 1.82) is 5.26 Å². The number of fused-ring (bicyclic) bond motifs is 1. The van der Waals surface area contributed by atoms with Crippen molar-refractivity contribution < 1.29 is 17.9 Å². The highest BCUT2D eigenvalue weighted by atomic mass is 19.4. The lowest BCUT2D eigenvalue weighted by Gasteiger charge is -2.22. The number of imidazole rings is 1. The fourth-order valence-corrected chi connectivity index (χ4v) is 3.90. The van der Waals surface area contributed by atoms with Crippen LogP contribution in [0.15, 0.2) is 12.3 Å². The van der Waals surface area contributed by atoms with Gasteiger partial charge in [0.25, 0.3) is 0 Å². The van der Waals surface area contributed by atoms with Gasteiger partial charge in [-0.2, -0.15) is 23.4 Å². The van der Waals surface area contributed by atoms with Crippen LogP contribution in [0.1, 0.15) is 36.5 Å². The Bertz CT molecular complexity index is 1180. The SMILES string of the molecule is Cc1cc(-c2nc(C#N)nc3c2nc(C(F)(F)F)n3C)cnc1OCCC1CCNCC1. The molecule has 0 aliphatic carbocycles. The first-order chi connectivity index (χ1) is 15.3. The second-order valence-corrected chi connectivity index (χ2v) is 7.85. The number of aryl methyl sites for hydroxylation is 2. The predicted molar refractivity (Wildman–Crippen MR) is 110 cm³/mol. The van der Waals surface area contributed by atoms with Gasteiger partial charge in [-0.3, -0.25) is 0 Å². The van der Waals surface area contributed by atoms with E-state index in [2.05, 4.69) is 25.3 Å². The van der Waals surface area contributed by atoms with Crippen LogP contribution in [-0.2, 0) is 13.2 Å². The number of nitrogens with one attached hydrogen (secondary N) is 1. The van der Waals surface area contributed by atoms with E-state index in [-0.39, 0.29) is 22.7 Å². The summed E-state index contributed by atoms with van der Waals surface area (Å²) < 4.78 is 46.7. The summed E-state index contributed by atoms with van der Waals surface area (Å²) in [5.41, 5.74) is 1.15.